The van der Waals surface area contributed by atoms with E-state index < -0.39 is 0 Å². The number of halogens is 1. The van der Waals surface area contributed by atoms with Gasteiger partial charge in [-0.1, -0.05) is 44.7 Å². The number of hydrogen-bond acceptors (Lipinski definition) is 3. The van der Waals surface area contributed by atoms with Crippen LogP contribution in [0.3, 0.4) is 0 Å². The highest BCUT2D eigenvalue weighted by Crippen LogP contribution is 2.32. The molecule has 0 radical (unpaired) electrons. The lowest BCUT2D eigenvalue weighted by Crippen LogP contribution is -2.36. The fourth-order valence-electron chi connectivity index (χ4n) is 3.08. The molecule has 0 aliphatic heterocycles. The zero-order valence-corrected chi connectivity index (χ0v) is 13.0. The lowest BCUT2D eigenvalue weighted by Gasteiger charge is -2.35. The summed E-state index contributed by atoms with van der Waals surface area (Å²) in [5.74, 6) is 1.84. The molecule has 4 heteroatoms. The van der Waals surface area contributed by atoms with Crippen molar-refractivity contribution in [1.29, 1.82) is 0 Å². The van der Waals surface area contributed by atoms with E-state index in [4.69, 9.17) is 11.6 Å². The van der Waals surface area contributed by atoms with Gasteiger partial charge in [0.15, 0.2) is 0 Å². The molecule has 2 unspecified atom stereocenters. The van der Waals surface area contributed by atoms with E-state index in [-0.39, 0.29) is 0 Å². The van der Waals surface area contributed by atoms with Gasteiger partial charge in [-0.2, -0.15) is 0 Å². The molecule has 1 heterocycles. The minimum absolute atomic E-state index is 0.588. The summed E-state index contributed by atoms with van der Waals surface area (Å²) in [4.78, 5) is 10.9. The minimum atomic E-state index is 0.588. The minimum Gasteiger partial charge on any atom is -0.356 e. The van der Waals surface area contributed by atoms with Crippen LogP contribution in [0.1, 0.15) is 51.5 Å². The van der Waals surface area contributed by atoms with Crippen LogP contribution >= 0.6 is 11.6 Å². The van der Waals surface area contributed by atoms with Crippen LogP contribution in [0.15, 0.2) is 6.33 Å². The Kier molecular flexibility index (Phi) is 5.03. The molecule has 19 heavy (non-hydrogen) atoms. The Morgan fingerprint density at radius 2 is 2.16 bits per heavy atom. The second-order valence-electron chi connectivity index (χ2n) is 5.75. The third-order valence-electron chi connectivity index (χ3n) is 4.16. The first-order valence-electron chi connectivity index (χ1n) is 7.35. The molecule has 0 spiro atoms. The molecule has 1 fully saturated rings. The van der Waals surface area contributed by atoms with E-state index in [1.165, 1.54) is 25.7 Å². The average molecular weight is 282 g/mol. The molecule has 2 atom stereocenters. The molecule has 106 valence electrons. The fourth-order valence-corrected chi connectivity index (χ4v) is 3.30. The molecular formula is C15H24ClN3. The monoisotopic (exact) mass is 281 g/mol. The van der Waals surface area contributed by atoms with E-state index in [9.17, 15) is 0 Å². The topological polar surface area (TPSA) is 29.0 Å². The van der Waals surface area contributed by atoms with Crippen LogP contribution in [0.25, 0.3) is 0 Å². The van der Waals surface area contributed by atoms with Gasteiger partial charge in [0, 0.05) is 18.7 Å². The first-order chi connectivity index (χ1) is 9.13. The van der Waals surface area contributed by atoms with Crippen LogP contribution in [-0.2, 0) is 6.42 Å². The molecule has 2 rings (SSSR count). The summed E-state index contributed by atoms with van der Waals surface area (Å²) in [6.07, 6.45) is 8.78. The smallest absolute Gasteiger partial charge is 0.137 e. The van der Waals surface area contributed by atoms with E-state index in [1.54, 1.807) is 6.33 Å². The van der Waals surface area contributed by atoms with Crippen molar-refractivity contribution in [2.24, 2.45) is 5.92 Å². The van der Waals surface area contributed by atoms with Gasteiger partial charge in [0.25, 0.3) is 0 Å². The zero-order valence-electron chi connectivity index (χ0n) is 12.2. The largest absolute Gasteiger partial charge is 0.356 e. The maximum absolute atomic E-state index is 6.24. The number of nitrogens with zero attached hydrogens (tertiary/aromatic N) is 3. The number of anilines is 1. The second kappa shape index (κ2) is 6.56. The Balaban J connectivity index is 2.22. The van der Waals surface area contributed by atoms with Crippen molar-refractivity contribution in [3.63, 3.8) is 0 Å². The van der Waals surface area contributed by atoms with Crippen molar-refractivity contribution in [1.82, 2.24) is 9.97 Å². The van der Waals surface area contributed by atoms with E-state index in [2.05, 4.69) is 35.8 Å². The Morgan fingerprint density at radius 3 is 2.84 bits per heavy atom. The van der Waals surface area contributed by atoms with Gasteiger partial charge in [0.1, 0.15) is 17.3 Å². The van der Waals surface area contributed by atoms with Crippen molar-refractivity contribution in [3.05, 3.63) is 17.0 Å². The van der Waals surface area contributed by atoms with Crippen LogP contribution in [0.4, 0.5) is 5.82 Å². The molecule has 1 aliphatic rings. The van der Waals surface area contributed by atoms with Crippen LogP contribution in [0.5, 0.6) is 0 Å². The summed E-state index contributed by atoms with van der Waals surface area (Å²) in [5.41, 5.74) is 1.10. The predicted octanol–water partition coefficient (Wildman–Crippen LogP) is 4.10. The number of hydrogen-bond donors (Lipinski definition) is 0. The molecule has 1 aromatic heterocycles. The fraction of sp³-hybridized carbons (Fsp3) is 0.733. The van der Waals surface area contributed by atoms with Gasteiger partial charge >= 0.3 is 0 Å². The molecule has 0 bridgehead atoms. The van der Waals surface area contributed by atoms with Gasteiger partial charge in [0.2, 0.25) is 0 Å². The summed E-state index contributed by atoms with van der Waals surface area (Å²) >= 11 is 6.24. The van der Waals surface area contributed by atoms with E-state index in [0.717, 1.165) is 30.1 Å². The molecule has 1 aromatic rings. The first kappa shape index (κ1) is 14.6. The molecule has 1 saturated carbocycles. The van der Waals surface area contributed by atoms with Gasteiger partial charge in [-0.25, -0.2) is 9.97 Å². The maximum atomic E-state index is 6.24. The Hall–Kier alpha value is -0.830. The normalized spacial score (nSPS) is 23.4. The van der Waals surface area contributed by atoms with Crippen molar-refractivity contribution in [2.75, 3.05) is 11.9 Å². The Morgan fingerprint density at radius 1 is 1.37 bits per heavy atom. The molecule has 3 nitrogen and oxygen atoms in total. The van der Waals surface area contributed by atoms with Gasteiger partial charge in [-0.05, 0) is 25.2 Å². The van der Waals surface area contributed by atoms with Gasteiger partial charge < -0.3 is 4.90 Å². The van der Waals surface area contributed by atoms with Crippen LogP contribution < -0.4 is 4.90 Å². The van der Waals surface area contributed by atoms with E-state index in [1.807, 2.05) is 0 Å². The van der Waals surface area contributed by atoms with Crippen LogP contribution in [0.2, 0.25) is 5.15 Å². The SMILES string of the molecule is CCCc1c(Cl)ncnc1N(C)C1CCCC(C)C1. The molecule has 0 N–H and O–H groups in total. The van der Waals surface area contributed by atoms with E-state index >= 15 is 0 Å². The highest BCUT2D eigenvalue weighted by Gasteiger charge is 2.25. The zero-order chi connectivity index (χ0) is 13.8. The Labute approximate surface area is 121 Å². The lowest BCUT2D eigenvalue weighted by atomic mass is 9.86. The van der Waals surface area contributed by atoms with E-state index in [0.29, 0.717) is 11.2 Å². The highest BCUT2D eigenvalue weighted by molar-refractivity contribution is 6.30. The quantitative estimate of drug-likeness (QED) is 0.778. The molecule has 0 aromatic carbocycles. The first-order valence-corrected chi connectivity index (χ1v) is 7.73. The molecular weight excluding hydrogens is 258 g/mol. The van der Waals surface area contributed by atoms with Gasteiger partial charge in [-0.15, -0.1) is 0 Å². The maximum Gasteiger partial charge on any atom is 0.137 e. The van der Waals surface area contributed by atoms with Gasteiger partial charge in [-0.3, -0.25) is 0 Å². The highest BCUT2D eigenvalue weighted by atomic mass is 35.5. The van der Waals surface area contributed by atoms with Crippen molar-refractivity contribution < 1.29 is 0 Å². The third-order valence-corrected chi connectivity index (χ3v) is 4.49. The predicted molar refractivity (Wildman–Crippen MR) is 80.9 cm³/mol. The average Bonchev–Trinajstić information content (AvgIpc) is 2.40. The number of aromatic nitrogens is 2. The summed E-state index contributed by atoms with van der Waals surface area (Å²) < 4.78 is 0. The van der Waals surface area contributed by atoms with Crippen molar-refractivity contribution >= 4 is 17.4 Å². The lowest BCUT2D eigenvalue weighted by molar-refractivity contribution is 0.335. The molecule has 0 saturated heterocycles. The number of rotatable bonds is 4. The van der Waals surface area contributed by atoms with Gasteiger partial charge in [0.05, 0.1) is 0 Å². The summed E-state index contributed by atoms with van der Waals surface area (Å²) in [5, 5.41) is 0.613. The van der Waals surface area contributed by atoms with Crippen LogP contribution in [0, 0.1) is 5.92 Å². The molecule has 1 aliphatic carbocycles. The summed E-state index contributed by atoms with van der Waals surface area (Å²) in [6.45, 7) is 4.51. The standard InChI is InChI=1S/C15H24ClN3/c1-4-6-13-14(16)17-10-18-15(13)19(3)12-8-5-7-11(2)9-12/h10-12H,4-9H2,1-3H3. The van der Waals surface area contributed by atoms with Crippen LogP contribution in [-0.4, -0.2) is 23.1 Å². The second-order valence-corrected chi connectivity index (χ2v) is 6.11. The molecule has 0 amide bonds. The third kappa shape index (κ3) is 3.38. The Bertz CT molecular complexity index is 422. The van der Waals surface area contributed by atoms with Crippen molar-refractivity contribution in [2.45, 2.75) is 58.4 Å². The summed E-state index contributed by atoms with van der Waals surface area (Å²) in [6, 6.07) is 0.588. The summed E-state index contributed by atoms with van der Waals surface area (Å²) in [7, 11) is 2.15. The van der Waals surface area contributed by atoms with Crippen molar-refractivity contribution in [3.8, 4) is 0 Å².